The van der Waals surface area contributed by atoms with Crippen LogP contribution in [0.2, 0.25) is 0 Å². The van der Waals surface area contributed by atoms with Crippen LogP contribution in [-0.2, 0) is 9.53 Å². The molecule has 2 amide bonds. The highest BCUT2D eigenvalue weighted by Gasteiger charge is 2.29. The molecule has 1 fully saturated rings. The molecule has 2 atom stereocenters. The minimum Gasteiger partial charge on any atom is -0.452 e. The molecule has 0 saturated carbocycles. The monoisotopic (exact) mass is 400 g/mol. The second kappa shape index (κ2) is 9.01. The first-order chi connectivity index (χ1) is 13.5. The van der Waals surface area contributed by atoms with Gasteiger partial charge in [-0.2, -0.15) is 0 Å². The first-order valence-electron chi connectivity index (χ1n) is 9.39. The smallest absolute Gasteiger partial charge is 0.338 e. The fraction of sp³-hybridized carbons (Fsp3) is 0.381. The third-order valence-corrected chi connectivity index (χ3v) is 5.80. The molecule has 3 rings (SSSR count). The Morgan fingerprint density at radius 3 is 2.39 bits per heavy atom. The van der Waals surface area contributed by atoms with E-state index in [9.17, 15) is 14.4 Å². The average molecular weight is 401 g/mol. The Bertz CT molecular complexity index is 823. The summed E-state index contributed by atoms with van der Waals surface area (Å²) >= 11 is 1.36. The summed E-state index contributed by atoms with van der Waals surface area (Å²) in [5, 5.41) is 4.61. The number of piperidine rings is 1. The summed E-state index contributed by atoms with van der Waals surface area (Å²) in [6.07, 6.45) is 3.06. The van der Waals surface area contributed by atoms with Crippen LogP contribution in [0.5, 0.6) is 0 Å². The average Bonchev–Trinajstić information content (AvgIpc) is 3.21. The lowest BCUT2D eigenvalue weighted by atomic mass is 9.97. The molecule has 0 unspecified atom stereocenters. The molecule has 2 heterocycles. The maximum atomic E-state index is 12.4. The number of hydrogen-bond donors (Lipinski definition) is 1. The van der Waals surface area contributed by atoms with Crippen LogP contribution in [0.1, 0.15) is 53.1 Å². The van der Waals surface area contributed by atoms with Crippen LogP contribution in [0, 0.1) is 0 Å². The zero-order valence-electron chi connectivity index (χ0n) is 16.0. The molecule has 6 nitrogen and oxygen atoms in total. The molecule has 1 saturated heterocycles. The van der Waals surface area contributed by atoms with Crippen molar-refractivity contribution < 1.29 is 19.1 Å². The van der Waals surface area contributed by atoms with Crippen molar-refractivity contribution in [2.45, 2.75) is 45.2 Å². The largest absolute Gasteiger partial charge is 0.452 e. The first-order valence-corrected chi connectivity index (χ1v) is 10.3. The van der Waals surface area contributed by atoms with Crippen LogP contribution in [0.4, 0.5) is 5.69 Å². The van der Waals surface area contributed by atoms with Crippen LogP contribution in [0.3, 0.4) is 0 Å². The molecule has 1 aliphatic heterocycles. The molecule has 0 spiro atoms. The fourth-order valence-electron chi connectivity index (χ4n) is 3.49. The van der Waals surface area contributed by atoms with Gasteiger partial charge in [0.15, 0.2) is 6.61 Å². The Labute approximate surface area is 168 Å². The van der Waals surface area contributed by atoms with Gasteiger partial charge in [-0.25, -0.2) is 4.79 Å². The predicted octanol–water partition coefficient (Wildman–Crippen LogP) is 3.95. The van der Waals surface area contributed by atoms with Crippen molar-refractivity contribution in [3.8, 4) is 0 Å². The molecule has 0 aliphatic carbocycles. The number of anilines is 1. The summed E-state index contributed by atoms with van der Waals surface area (Å²) in [5.74, 6) is -0.907. The van der Waals surface area contributed by atoms with Gasteiger partial charge in [-0.15, -0.1) is 11.3 Å². The van der Waals surface area contributed by atoms with Crippen LogP contribution < -0.4 is 5.32 Å². The first kappa shape index (κ1) is 20.1. The van der Waals surface area contributed by atoms with E-state index in [4.69, 9.17) is 4.74 Å². The molecule has 1 aromatic carbocycles. The predicted molar refractivity (Wildman–Crippen MR) is 109 cm³/mol. The molecule has 7 heteroatoms. The highest BCUT2D eigenvalue weighted by atomic mass is 32.1. The van der Waals surface area contributed by atoms with Crippen molar-refractivity contribution >= 4 is 34.8 Å². The summed E-state index contributed by atoms with van der Waals surface area (Å²) in [6, 6.07) is 10.3. The van der Waals surface area contributed by atoms with E-state index in [1.54, 1.807) is 30.3 Å². The number of thiophene rings is 1. The highest BCUT2D eigenvalue weighted by molar-refractivity contribution is 7.12. The van der Waals surface area contributed by atoms with Gasteiger partial charge in [-0.3, -0.25) is 9.59 Å². The molecule has 0 bridgehead atoms. The molecule has 148 valence electrons. The number of nitrogens with zero attached hydrogens (tertiary/aromatic N) is 1. The van der Waals surface area contributed by atoms with Crippen LogP contribution in [0.25, 0.3) is 0 Å². The van der Waals surface area contributed by atoms with E-state index in [1.807, 2.05) is 30.2 Å². The maximum absolute atomic E-state index is 12.4. The summed E-state index contributed by atoms with van der Waals surface area (Å²) in [6.45, 7) is 3.79. The number of carbonyl (C=O) groups excluding carboxylic acids is 3. The number of amides is 2. The van der Waals surface area contributed by atoms with Crippen LogP contribution >= 0.6 is 11.3 Å². The van der Waals surface area contributed by atoms with Crippen molar-refractivity contribution in [2.24, 2.45) is 0 Å². The number of rotatable bonds is 5. The maximum Gasteiger partial charge on any atom is 0.338 e. The number of esters is 1. The molecule has 1 N–H and O–H groups in total. The highest BCUT2D eigenvalue weighted by Crippen LogP contribution is 2.22. The lowest BCUT2D eigenvalue weighted by Gasteiger charge is -2.38. The third-order valence-electron chi connectivity index (χ3n) is 4.93. The van der Waals surface area contributed by atoms with Crippen molar-refractivity contribution in [1.82, 2.24) is 4.90 Å². The molecule has 0 radical (unpaired) electrons. The number of carbonyl (C=O) groups is 3. The van der Waals surface area contributed by atoms with E-state index in [1.165, 1.54) is 11.3 Å². The second-order valence-electron chi connectivity index (χ2n) is 7.01. The third kappa shape index (κ3) is 4.78. The van der Waals surface area contributed by atoms with E-state index >= 15 is 0 Å². The second-order valence-corrected chi connectivity index (χ2v) is 7.96. The summed E-state index contributed by atoms with van der Waals surface area (Å²) in [7, 11) is 0. The Kier molecular flexibility index (Phi) is 6.46. The molecular weight excluding hydrogens is 376 g/mol. The number of ether oxygens (including phenoxy) is 1. The standard InChI is InChI=1S/C21H24N2O4S/c1-14-5-3-6-15(2)23(14)19(24)13-27-21(26)16-8-10-17(11-9-16)22-20(25)18-7-4-12-28-18/h4,7-12,14-15H,3,5-6,13H2,1-2H3,(H,22,25)/t14-,15+. The van der Waals surface area contributed by atoms with Gasteiger partial charge in [0.25, 0.3) is 11.8 Å². The zero-order valence-corrected chi connectivity index (χ0v) is 16.8. The van der Waals surface area contributed by atoms with Gasteiger partial charge in [0.05, 0.1) is 10.4 Å². The lowest BCUT2D eigenvalue weighted by Crippen LogP contribution is -2.49. The summed E-state index contributed by atoms with van der Waals surface area (Å²) < 4.78 is 5.20. The Hall–Kier alpha value is -2.67. The molecule has 1 aromatic heterocycles. The fourth-order valence-corrected chi connectivity index (χ4v) is 4.11. The molecule has 2 aromatic rings. The number of likely N-dealkylation sites (tertiary alicyclic amines) is 1. The van der Waals surface area contributed by atoms with Crippen LogP contribution in [-0.4, -0.2) is 41.4 Å². The topological polar surface area (TPSA) is 75.7 Å². The number of nitrogens with one attached hydrogen (secondary N) is 1. The molecule has 1 aliphatic rings. The summed E-state index contributed by atoms with van der Waals surface area (Å²) in [5.41, 5.74) is 0.920. The minimum absolute atomic E-state index is 0.159. The van der Waals surface area contributed by atoms with Gasteiger partial charge >= 0.3 is 5.97 Å². The van der Waals surface area contributed by atoms with E-state index in [0.717, 1.165) is 19.3 Å². The Morgan fingerprint density at radius 1 is 1.11 bits per heavy atom. The summed E-state index contributed by atoms with van der Waals surface area (Å²) in [4.78, 5) is 39.2. The van der Waals surface area contributed by atoms with Gasteiger partial charge in [0.1, 0.15) is 0 Å². The van der Waals surface area contributed by atoms with Crippen LogP contribution in [0.15, 0.2) is 41.8 Å². The van der Waals surface area contributed by atoms with Gasteiger partial charge in [-0.1, -0.05) is 6.07 Å². The van der Waals surface area contributed by atoms with Gasteiger partial charge in [0, 0.05) is 17.8 Å². The Balaban J connectivity index is 1.53. The van der Waals surface area contributed by atoms with Gasteiger partial charge < -0.3 is 15.0 Å². The SMILES string of the molecule is C[C@@H]1CCC[C@H](C)N1C(=O)COC(=O)c1ccc(NC(=O)c2cccs2)cc1. The number of hydrogen-bond acceptors (Lipinski definition) is 5. The molecule has 28 heavy (non-hydrogen) atoms. The van der Waals surface area contributed by atoms with E-state index < -0.39 is 5.97 Å². The zero-order chi connectivity index (χ0) is 20.1. The van der Waals surface area contributed by atoms with E-state index in [-0.39, 0.29) is 30.5 Å². The lowest BCUT2D eigenvalue weighted by molar-refractivity contribution is -0.140. The van der Waals surface area contributed by atoms with Gasteiger partial charge in [0.2, 0.25) is 0 Å². The van der Waals surface area contributed by atoms with Crippen molar-refractivity contribution in [3.63, 3.8) is 0 Å². The van der Waals surface area contributed by atoms with Crippen molar-refractivity contribution in [2.75, 3.05) is 11.9 Å². The van der Waals surface area contributed by atoms with Crippen molar-refractivity contribution in [3.05, 3.63) is 52.2 Å². The van der Waals surface area contributed by atoms with Crippen molar-refractivity contribution in [1.29, 1.82) is 0 Å². The normalized spacial score (nSPS) is 19.1. The number of benzene rings is 1. The molecular formula is C21H24N2O4S. The van der Waals surface area contributed by atoms with Gasteiger partial charge in [-0.05, 0) is 68.8 Å². The Morgan fingerprint density at radius 2 is 1.79 bits per heavy atom. The quantitative estimate of drug-likeness (QED) is 0.771. The minimum atomic E-state index is -0.554. The van der Waals surface area contributed by atoms with E-state index in [2.05, 4.69) is 5.32 Å². The van der Waals surface area contributed by atoms with E-state index in [0.29, 0.717) is 16.1 Å².